The molecule has 1 aromatic heterocycles. The van der Waals surface area contributed by atoms with Crippen molar-refractivity contribution in [2.75, 3.05) is 7.11 Å². The van der Waals surface area contributed by atoms with E-state index in [0.29, 0.717) is 17.0 Å². The summed E-state index contributed by atoms with van der Waals surface area (Å²) in [5, 5.41) is -0.187. The van der Waals surface area contributed by atoms with Crippen molar-refractivity contribution in [2.45, 2.75) is 0 Å². The lowest BCUT2D eigenvalue weighted by Crippen LogP contribution is -1.97. The minimum Gasteiger partial charge on any atom is -0.497 e. The molecular weight excluding hydrogens is 309 g/mol. The van der Waals surface area contributed by atoms with Crippen molar-refractivity contribution in [3.8, 4) is 17.0 Å². The summed E-state index contributed by atoms with van der Waals surface area (Å²) in [6.07, 6.45) is 0. The van der Waals surface area contributed by atoms with Crippen LogP contribution >= 0.6 is 34.8 Å². The zero-order valence-electron chi connectivity index (χ0n) is 9.78. The van der Waals surface area contributed by atoms with Gasteiger partial charge in [-0.15, -0.1) is 0 Å². The maximum absolute atomic E-state index is 11.2. The molecule has 2 rings (SSSR count). The van der Waals surface area contributed by atoms with E-state index in [1.54, 1.807) is 31.4 Å². The first kappa shape index (κ1) is 14.1. The first-order chi connectivity index (χ1) is 9.02. The molecule has 1 heterocycles. The van der Waals surface area contributed by atoms with Crippen molar-refractivity contribution in [2.24, 2.45) is 0 Å². The second kappa shape index (κ2) is 5.78. The molecule has 0 aliphatic rings. The van der Waals surface area contributed by atoms with Gasteiger partial charge >= 0.3 is 0 Å². The van der Waals surface area contributed by atoms with E-state index in [4.69, 9.17) is 39.5 Å². The normalized spacial score (nSPS) is 10.3. The lowest BCUT2D eigenvalue weighted by atomic mass is 10.1. The molecule has 19 heavy (non-hydrogen) atoms. The number of methoxy groups -OCH3 is 1. The number of ether oxygens (including phenoxy) is 1. The minimum absolute atomic E-state index is 0.0573. The molecule has 98 valence electrons. The molecule has 2 aromatic rings. The Hall–Kier alpha value is -1.29. The number of hydrogen-bond acceptors (Lipinski definition) is 3. The molecular formula is C13H8Cl3NO2. The van der Waals surface area contributed by atoms with Crippen LogP contribution in [-0.4, -0.2) is 17.3 Å². The molecule has 0 aliphatic carbocycles. The van der Waals surface area contributed by atoms with Crippen LogP contribution in [0.1, 0.15) is 10.5 Å². The zero-order valence-corrected chi connectivity index (χ0v) is 12.1. The van der Waals surface area contributed by atoms with Crippen LogP contribution in [0.25, 0.3) is 11.3 Å². The van der Waals surface area contributed by atoms with E-state index < -0.39 is 5.24 Å². The van der Waals surface area contributed by atoms with E-state index in [9.17, 15) is 4.79 Å². The molecule has 0 saturated heterocycles. The van der Waals surface area contributed by atoms with Crippen molar-refractivity contribution >= 4 is 40.0 Å². The molecule has 0 saturated carbocycles. The highest BCUT2D eigenvalue weighted by molar-refractivity contribution is 6.67. The molecule has 1 aromatic carbocycles. The molecule has 0 spiro atoms. The summed E-state index contributed by atoms with van der Waals surface area (Å²) in [5.41, 5.74) is 1.18. The van der Waals surface area contributed by atoms with Gasteiger partial charge in [0.05, 0.1) is 22.8 Å². The van der Waals surface area contributed by atoms with Crippen LogP contribution in [0, 0.1) is 0 Å². The lowest BCUT2D eigenvalue weighted by molar-refractivity contribution is 0.107. The van der Waals surface area contributed by atoms with Crippen LogP contribution in [-0.2, 0) is 0 Å². The Kier molecular flexibility index (Phi) is 4.30. The Morgan fingerprint density at radius 2 is 1.84 bits per heavy atom. The van der Waals surface area contributed by atoms with Gasteiger partial charge in [-0.2, -0.15) is 0 Å². The highest BCUT2D eigenvalue weighted by Gasteiger charge is 2.14. The van der Waals surface area contributed by atoms with E-state index in [1.807, 2.05) is 0 Å². The van der Waals surface area contributed by atoms with Crippen molar-refractivity contribution < 1.29 is 9.53 Å². The third-order valence-corrected chi connectivity index (χ3v) is 3.45. The lowest BCUT2D eigenvalue weighted by Gasteiger charge is -2.08. The molecule has 6 heteroatoms. The van der Waals surface area contributed by atoms with Gasteiger partial charge in [0.15, 0.2) is 0 Å². The van der Waals surface area contributed by atoms with Gasteiger partial charge in [-0.3, -0.25) is 4.79 Å². The summed E-state index contributed by atoms with van der Waals surface area (Å²) in [7, 11) is 1.57. The van der Waals surface area contributed by atoms with Gasteiger partial charge in [-0.1, -0.05) is 23.2 Å². The fourth-order valence-corrected chi connectivity index (χ4v) is 2.03. The summed E-state index contributed by atoms with van der Waals surface area (Å²) in [6.45, 7) is 0. The molecule has 0 radical (unpaired) electrons. The molecule has 0 bridgehead atoms. The predicted octanol–water partition coefficient (Wildman–Crippen LogP) is 4.44. The second-order valence-electron chi connectivity index (χ2n) is 3.65. The summed E-state index contributed by atoms with van der Waals surface area (Å²) in [4.78, 5) is 15.3. The number of pyridine rings is 1. The number of aromatic nitrogens is 1. The van der Waals surface area contributed by atoms with Crippen molar-refractivity contribution in [3.05, 3.63) is 46.1 Å². The van der Waals surface area contributed by atoms with Gasteiger partial charge in [0.25, 0.3) is 5.24 Å². The SMILES string of the molecule is COc1ccc(-c2nc(C(=O)Cl)cc(Cl)c2Cl)cc1. The molecule has 0 atom stereocenters. The summed E-state index contributed by atoms with van der Waals surface area (Å²) in [5.74, 6) is 0.704. The van der Waals surface area contributed by atoms with E-state index in [-0.39, 0.29) is 15.7 Å². The van der Waals surface area contributed by atoms with E-state index >= 15 is 0 Å². The first-order valence-electron chi connectivity index (χ1n) is 5.23. The number of hydrogen-bond donors (Lipinski definition) is 0. The average Bonchev–Trinajstić information content (AvgIpc) is 2.41. The largest absolute Gasteiger partial charge is 0.497 e. The zero-order chi connectivity index (χ0) is 14.0. The third kappa shape index (κ3) is 3.00. The van der Waals surface area contributed by atoms with Gasteiger partial charge in [0, 0.05) is 5.56 Å². The van der Waals surface area contributed by atoms with Crippen molar-refractivity contribution in [3.63, 3.8) is 0 Å². The van der Waals surface area contributed by atoms with E-state index in [1.165, 1.54) is 6.07 Å². The van der Waals surface area contributed by atoms with Crippen molar-refractivity contribution in [1.82, 2.24) is 4.98 Å². The second-order valence-corrected chi connectivity index (χ2v) is 4.78. The number of carbonyl (C=O) groups is 1. The van der Waals surface area contributed by atoms with Crippen LogP contribution in [0.4, 0.5) is 0 Å². The Labute approximate surface area is 125 Å². The van der Waals surface area contributed by atoms with Gasteiger partial charge in [-0.25, -0.2) is 4.98 Å². The molecule has 3 nitrogen and oxygen atoms in total. The minimum atomic E-state index is -0.687. The molecule has 0 N–H and O–H groups in total. The molecule has 0 fully saturated rings. The fraction of sp³-hybridized carbons (Fsp3) is 0.0769. The number of carbonyl (C=O) groups excluding carboxylic acids is 1. The Bertz CT molecular complexity index is 627. The fourth-order valence-electron chi connectivity index (χ4n) is 1.54. The van der Waals surface area contributed by atoms with Gasteiger partial charge in [-0.05, 0) is 41.9 Å². The van der Waals surface area contributed by atoms with Crippen LogP contribution in [0.5, 0.6) is 5.75 Å². The Balaban J connectivity index is 2.56. The van der Waals surface area contributed by atoms with Gasteiger partial charge < -0.3 is 4.74 Å². The van der Waals surface area contributed by atoms with Crippen molar-refractivity contribution in [1.29, 1.82) is 0 Å². The number of benzene rings is 1. The Morgan fingerprint density at radius 3 is 2.37 bits per heavy atom. The van der Waals surface area contributed by atoms with Gasteiger partial charge in [0.2, 0.25) is 0 Å². The van der Waals surface area contributed by atoms with E-state index in [0.717, 1.165) is 0 Å². The van der Waals surface area contributed by atoms with Crippen LogP contribution in [0.15, 0.2) is 30.3 Å². The molecule has 0 aliphatic heterocycles. The van der Waals surface area contributed by atoms with E-state index in [2.05, 4.69) is 4.98 Å². The monoisotopic (exact) mass is 315 g/mol. The summed E-state index contributed by atoms with van der Waals surface area (Å²) < 4.78 is 5.07. The highest BCUT2D eigenvalue weighted by atomic mass is 35.5. The standard InChI is InChI=1S/C13H8Cl3NO2/c1-19-8-4-2-7(3-5-8)12-11(15)9(14)6-10(17-12)13(16)18/h2-6H,1H3. The third-order valence-electron chi connectivity index (χ3n) is 2.48. The first-order valence-corrected chi connectivity index (χ1v) is 6.36. The predicted molar refractivity (Wildman–Crippen MR) is 76.4 cm³/mol. The number of halogens is 3. The van der Waals surface area contributed by atoms with Crippen LogP contribution in [0.3, 0.4) is 0 Å². The maximum atomic E-state index is 11.2. The smallest absolute Gasteiger partial charge is 0.270 e. The maximum Gasteiger partial charge on any atom is 0.270 e. The number of rotatable bonds is 3. The molecule has 0 unspecified atom stereocenters. The number of nitrogens with zero attached hydrogens (tertiary/aromatic N) is 1. The Morgan fingerprint density at radius 1 is 1.21 bits per heavy atom. The van der Waals surface area contributed by atoms with Crippen LogP contribution in [0.2, 0.25) is 10.0 Å². The quantitative estimate of drug-likeness (QED) is 0.786. The summed E-state index contributed by atoms with van der Waals surface area (Å²) in [6, 6.07) is 8.40. The summed E-state index contributed by atoms with van der Waals surface area (Å²) >= 11 is 17.5. The average molecular weight is 317 g/mol. The van der Waals surface area contributed by atoms with Crippen LogP contribution < -0.4 is 4.74 Å². The van der Waals surface area contributed by atoms with Gasteiger partial charge in [0.1, 0.15) is 11.4 Å². The molecule has 0 amide bonds. The highest BCUT2D eigenvalue weighted by Crippen LogP contribution is 2.33. The topological polar surface area (TPSA) is 39.2 Å².